The minimum absolute atomic E-state index is 0.0162. The minimum atomic E-state index is -1.04. The maximum Gasteiger partial charge on any atom is 0.354 e. The summed E-state index contributed by atoms with van der Waals surface area (Å²) < 4.78 is 1.54. The number of pyridine rings is 1. The fourth-order valence-corrected chi connectivity index (χ4v) is 2.26. The first-order valence-electron chi connectivity index (χ1n) is 6.46. The minimum Gasteiger partial charge on any atom is -0.481 e. The largest absolute Gasteiger partial charge is 0.481 e. The number of aromatic carboxylic acids is 1. The van der Waals surface area contributed by atoms with Crippen LogP contribution in [0.25, 0.3) is 5.65 Å². The highest BCUT2D eigenvalue weighted by Crippen LogP contribution is 2.22. The van der Waals surface area contributed by atoms with E-state index in [0.717, 1.165) is 11.3 Å². The lowest BCUT2D eigenvalue weighted by atomic mass is 10.2. The number of hydrogen-bond donors (Lipinski definition) is 2. The molecular formula is C14H17N3O4. The number of anilines is 1. The summed E-state index contributed by atoms with van der Waals surface area (Å²) in [6, 6.07) is 1.87. The zero-order valence-corrected chi connectivity index (χ0v) is 12.1. The second-order valence-electron chi connectivity index (χ2n) is 4.99. The normalized spacial score (nSPS) is 10.8. The van der Waals surface area contributed by atoms with E-state index in [1.165, 1.54) is 0 Å². The van der Waals surface area contributed by atoms with Crippen LogP contribution in [0.1, 0.15) is 28.2 Å². The van der Waals surface area contributed by atoms with Crippen LogP contribution in [0.4, 0.5) is 5.69 Å². The molecule has 2 rings (SSSR count). The Kier molecular flexibility index (Phi) is 3.84. The van der Waals surface area contributed by atoms with E-state index in [1.807, 2.05) is 13.0 Å². The Hall–Kier alpha value is -2.57. The third-order valence-corrected chi connectivity index (χ3v) is 3.37. The van der Waals surface area contributed by atoms with Gasteiger partial charge in [0.1, 0.15) is 5.65 Å². The van der Waals surface area contributed by atoms with Crippen LogP contribution in [0.15, 0.2) is 12.3 Å². The molecule has 2 aromatic rings. The van der Waals surface area contributed by atoms with Gasteiger partial charge in [-0.25, -0.2) is 9.78 Å². The molecule has 0 aromatic carbocycles. The van der Waals surface area contributed by atoms with Crippen molar-refractivity contribution in [1.82, 2.24) is 9.38 Å². The topological polar surface area (TPSA) is 95.1 Å². The van der Waals surface area contributed by atoms with Crippen molar-refractivity contribution in [1.29, 1.82) is 0 Å². The number of rotatable bonds is 5. The van der Waals surface area contributed by atoms with Crippen molar-refractivity contribution >= 4 is 23.3 Å². The number of fused-ring (bicyclic) bond motifs is 1. The molecule has 0 aliphatic heterocycles. The Bertz CT molecular complexity index is 721. The van der Waals surface area contributed by atoms with Gasteiger partial charge in [0.15, 0.2) is 5.69 Å². The van der Waals surface area contributed by atoms with Gasteiger partial charge in [-0.05, 0) is 25.5 Å². The maximum absolute atomic E-state index is 11.4. The van der Waals surface area contributed by atoms with Crippen molar-refractivity contribution < 1.29 is 19.8 Å². The van der Waals surface area contributed by atoms with E-state index < -0.39 is 11.9 Å². The van der Waals surface area contributed by atoms with E-state index in [0.29, 0.717) is 17.9 Å². The number of carboxylic acids is 2. The molecule has 0 radical (unpaired) electrons. The summed E-state index contributed by atoms with van der Waals surface area (Å²) in [6.45, 7) is 3.85. The van der Waals surface area contributed by atoms with Crippen LogP contribution >= 0.6 is 0 Å². The molecular weight excluding hydrogens is 274 g/mol. The lowest BCUT2D eigenvalue weighted by Gasteiger charge is -2.19. The first kappa shape index (κ1) is 14.8. The average Bonchev–Trinajstić information content (AvgIpc) is 2.72. The van der Waals surface area contributed by atoms with Crippen molar-refractivity contribution in [2.75, 3.05) is 18.5 Å². The smallest absolute Gasteiger partial charge is 0.354 e. The van der Waals surface area contributed by atoms with Crippen molar-refractivity contribution in [2.45, 2.75) is 20.3 Å². The van der Waals surface area contributed by atoms with Gasteiger partial charge in [-0.1, -0.05) is 0 Å². The highest BCUT2D eigenvalue weighted by atomic mass is 16.4. The number of aromatic nitrogens is 2. The summed E-state index contributed by atoms with van der Waals surface area (Å²) in [7, 11) is 1.77. The molecule has 0 amide bonds. The molecule has 2 heterocycles. The SMILES string of the molecule is Cc1nc2c(C)cc(N(C)CCC(=O)O)cn2c1C(=O)O. The highest BCUT2D eigenvalue weighted by Gasteiger charge is 2.18. The number of carboxylic acid groups (broad SMARTS) is 2. The molecule has 2 aromatic heterocycles. The number of aliphatic carboxylic acids is 1. The molecule has 7 heteroatoms. The molecule has 7 nitrogen and oxygen atoms in total. The van der Waals surface area contributed by atoms with Crippen molar-refractivity contribution in [2.24, 2.45) is 0 Å². The van der Waals surface area contributed by atoms with Crippen LogP contribution in [-0.2, 0) is 4.79 Å². The monoisotopic (exact) mass is 291 g/mol. The molecule has 0 unspecified atom stereocenters. The average molecular weight is 291 g/mol. The molecule has 0 saturated carbocycles. The lowest BCUT2D eigenvalue weighted by molar-refractivity contribution is -0.136. The highest BCUT2D eigenvalue weighted by molar-refractivity contribution is 5.88. The standard InChI is InChI=1S/C14H17N3O4/c1-8-6-10(16(3)5-4-11(18)19)7-17-12(14(20)21)9(2)15-13(8)17/h6-7H,4-5H2,1-3H3,(H,18,19)(H,20,21). The van der Waals surface area contributed by atoms with E-state index in [1.54, 1.807) is 29.5 Å². The zero-order valence-electron chi connectivity index (χ0n) is 12.1. The molecule has 0 atom stereocenters. The number of imidazole rings is 1. The third kappa shape index (κ3) is 2.81. The van der Waals surface area contributed by atoms with Crippen LogP contribution < -0.4 is 4.90 Å². The van der Waals surface area contributed by atoms with Crippen LogP contribution in [-0.4, -0.2) is 45.1 Å². The molecule has 0 saturated heterocycles. The first-order valence-corrected chi connectivity index (χ1v) is 6.46. The maximum atomic E-state index is 11.4. The molecule has 0 fully saturated rings. The van der Waals surface area contributed by atoms with Crippen molar-refractivity contribution in [3.63, 3.8) is 0 Å². The van der Waals surface area contributed by atoms with Crippen molar-refractivity contribution in [3.05, 3.63) is 29.2 Å². The zero-order chi connectivity index (χ0) is 15.7. The quantitative estimate of drug-likeness (QED) is 0.868. The Balaban J connectivity index is 2.50. The van der Waals surface area contributed by atoms with Gasteiger partial charge in [0.05, 0.1) is 17.8 Å². The van der Waals surface area contributed by atoms with Gasteiger partial charge in [-0.2, -0.15) is 0 Å². The summed E-state index contributed by atoms with van der Waals surface area (Å²) >= 11 is 0. The van der Waals surface area contributed by atoms with Gasteiger partial charge in [0, 0.05) is 19.8 Å². The molecule has 0 aliphatic carbocycles. The predicted molar refractivity (Wildman–Crippen MR) is 77.1 cm³/mol. The van der Waals surface area contributed by atoms with E-state index in [2.05, 4.69) is 4.98 Å². The number of aryl methyl sites for hydroxylation is 2. The van der Waals surface area contributed by atoms with Gasteiger partial charge in [-0.15, -0.1) is 0 Å². The molecule has 2 N–H and O–H groups in total. The Morgan fingerprint density at radius 1 is 1.33 bits per heavy atom. The Morgan fingerprint density at radius 3 is 2.57 bits per heavy atom. The Morgan fingerprint density at radius 2 is 2.00 bits per heavy atom. The summed E-state index contributed by atoms with van der Waals surface area (Å²) in [6.07, 6.45) is 1.69. The summed E-state index contributed by atoms with van der Waals surface area (Å²) in [5, 5.41) is 18.0. The molecule has 112 valence electrons. The fourth-order valence-electron chi connectivity index (χ4n) is 2.26. The van der Waals surface area contributed by atoms with Crippen LogP contribution in [0.2, 0.25) is 0 Å². The first-order chi connectivity index (χ1) is 9.81. The molecule has 0 spiro atoms. The fraction of sp³-hybridized carbons (Fsp3) is 0.357. The van der Waals surface area contributed by atoms with Gasteiger partial charge in [0.25, 0.3) is 0 Å². The van der Waals surface area contributed by atoms with Gasteiger partial charge in [-0.3, -0.25) is 9.20 Å². The van der Waals surface area contributed by atoms with Crippen LogP contribution in [0, 0.1) is 13.8 Å². The van der Waals surface area contributed by atoms with E-state index in [-0.39, 0.29) is 12.1 Å². The lowest BCUT2D eigenvalue weighted by Crippen LogP contribution is -2.21. The second-order valence-corrected chi connectivity index (χ2v) is 4.99. The number of hydrogen-bond acceptors (Lipinski definition) is 4. The number of carbonyl (C=O) groups is 2. The molecule has 0 bridgehead atoms. The Labute approximate surface area is 121 Å². The van der Waals surface area contributed by atoms with E-state index >= 15 is 0 Å². The third-order valence-electron chi connectivity index (χ3n) is 3.37. The van der Waals surface area contributed by atoms with Crippen molar-refractivity contribution in [3.8, 4) is 0 Å². The van der Waals surface area contributed by atoms with Crippen LogP contribution in [0.5, 0.6) is 0 Å². The second kappa shape index (κ2) is 5.43. The van der Waals surface area contributed by atoms with E-state index in [9.17, 15) is 14.7 Å². The summed E-state index contributed by atoms with van der Waals surface area (Å²) in [4.78, 5) is 28.1. The summed E-state index contributed by atoms with van der Waals surface area (Å²) in [5.74, 6) is -1.91. The van der Waals surface area contributed by atoms with E-state index in [4.69, 9.17) is 5.11 Å². The molecule has 21 heavy (non-hydrogen) atoms. The van der Waals surface area contributed by atoms with Crippen LogP contribution in [0.3, 0.4) is 0 Å². The summed E-state index contributed by atoms with van der Waals surface area (Å²) in [5.41, 5.74) is 2.77. The number of nitrogens with zero attached hydrogens (tertiary/aromatic N) is 3. The van der Waals surface area contributed by atoms with Gasteiger partial charge in [0.2, 0.25) is 0 Å². The molecule has 0 aliphatic rings. The van der Waals surface area contributed by atoms with Gasteiger partial charge >= 0.3 is 11.9 Å². The predicted octanol–water partition coefficient (Wildman–Crippen LogP) is 1.56. The van der Waals surface area contributed by atoms with Gasteiger partial charge < -0.3 is 15.1 Å².